The van der Waals surface area contributed by atoms with Gasteiger partial charge in [0.2, 0.25) is 10.0 Å². The third kappa shape index (κ3) is 2.57. The molecule has 1 saturated heterocycles. The van der Waals surface area contributed by atoms with Gasteiger partial charge < -0.3 is 4.74 Å². The van der Waals surface area contributed by atoms with Crippen molar-refractivity contribution >= 4 is 10.0 Å². The van der Waals surface area contributed by atoms with Crippen molar-refractivity contribution in [1.82, 2.24) is 14.9 Å². The lowest BCUT2D eigenvalue weighted by molar-refractivity contribution is 0.180. The molecule has 2 rings (SSSR count). The van der Waals surface area contributed by atoms with Crippen molar-refractivity contribution in [2.75, 3.05) is 13.2 Å². The zero-order valence-electron chi connectivity index (χ0n) is 10.9. The number of hydrogen-bond acceptors (Lipinski definition) is 4. The lowest BCUT2D eigenvalue weighted by Crippen LogP contribution is -2.38. The molecule has 1 aliphatic rings. The van der Waals surface area contributed by atoms with E-state index in [1.54, 1.807) is 13.8 Å². The normalized spacial score (nSPS) is 22.3. The maximum absolute atomic E-state index is 12.3. The van der Waals surface area contributed by atoms with Crippen LogP contribution in [0.4, 0.5) is 0 Å². The Morgan fingerprint density at radius 2 is 2.22 bits per heavy atom. The number of aromatic nitrogens is 2. The molecule has 1 aromatic rings. The molecule has 0 saturated carbocycles. The third-order valence-electron chi connectivity index (χ3n) is 3.34. The first-order valence-corrected chi connectivity index (χ1v) is 7.52. The van der Waals surface area contributed by atoms with Gasteiger partial charge in [-0.15, -0.1) is 0 Å². The summed E-state index contributed by atoms with van der Waals surface area (Å²) < 4.78 is 32.6. The predicted molar refractivity (Wildman–Crippen MR) is 66.8 cm³/mol. The highest BCUT2D eigenvalue weighted by Crippen LogP contribution is 2.21. The first-order valence-electron chi connectivity index (χ1n) is 6.03. The zero-order valence-corrected chi connectivity index (χ0v) is 11.7. The maximum atomic E-state index is 12.3. The summed E-state index contributed by atoms with van der Waals surface area (Å²) in [6, 6.07) is -0.133. The second kappa shape index (κ2) is 4.99. The summed E-state index contributed by atoms with van der Waals surface area (Å²) in [7, 11) is -3.51. The van der Waals surface area contributed by atoms with Gasteiger partial charge in [-0.25, -0.2) is 13.1 Å². The zero-order chi connectivity index (χ0) is 13.3. The number of nitrogens with one attached hydrogen (secondary N) is 2. The maximum Gasteiger partial charge on any atom is 0.244 e. The molecule has 0 bridgehead atoms. The van der Waals surface area contributed by atoms with Crippen LogP contribution in [0.25, 0.3) is 0 Å². The highest BCUT2D eigenvalue weighted by Gasteiger charge is 2.29. The second-order valence-corrected chi connectivity index (χ2v) is 6.45. The number of aromatic amines is 1. The number of hydrogen-bond donors (Lipinski definition) is 2. The number of H-pyrrole nitrogens is 1. The van der Waals surface area contributed by atoms with E-state index in [-0.39, 0.29) is 16.9 Å². The second-order valence-electron chi connectivity index (χ2n) is 4.80. The van der Waals surface area contributed by atoms with Crippen molar-refractivity contribution in [3.63, 3.8) is 0 Å². The van der Waals surface area contributed by atoms with E-state index in [4.69, 9.17) is 4.74 Å². The van der Waals surface area contributed by atoms with Gasteiger partial charge in [0.25, 0.3) is 0 Å². The minimum Gasteiger partial charge on any atom is -0.381 e. The first-order chi connectivity index (χ1) is 8.42. The fourth-order valence-electron chi connectivity index (χ4n) is 2.28. The molecule has 0 aliphatic carbocycles. The van der Waals surface area contributed by atoms with E-state index in [2.05, 4.69) is 14.9 Å². The Labute approximate surface area is 107 Å². The van der Waals surface area contributed by atoms with Crippen LogP contribution in [-0.2, 0) is 14.8 Å². The van der Waals surface area contributed by atoms with Gasteiger partial charge in [-0.05, 0) is 27.2 Å². The van der Waals surface area contributed by atoms with Crippen LogP contribution in [0.15, 0.2) is 4.90 Å². The quantitative estimate of drug-likeness (QED) is 0.847. The Balaban J connectivity index is 2.17. The smallest absolute Gasteiger partial charge is 0.244 e. The Hall–Kier alpha value is -0.920. The third-order valence-corrected chi connectivity index (χ3v) is 5.16. The molecule has 102 valence electrons. The van der Waals surface area contributed by atoms with Gasteiger partial charge in [-0.1, -0.05) is 0 Å². The fourth-order valence-corrected chi connectivity index (χ4v) is 3.97. The fraction of sp³-hybridized carbons (Fsp3) is 0.727. The number of sulfonamides is 1. The van der Waals surface area contributed by atoms with Crippen LogP contribution in [0.1, 0.15) is 24.7 Å². The average molecular weight is 273 g/mol. The van der Waals surface area contributed by atoms with Crippen LogP contribution >= 0.6 is 0 Å². The van der Waals surface area contributed by atoms with Gasteiger partial charge in [-0.2, -0.15) is 5.10 Å². The van der Waals surface area contributed by atoms with Crippen molar-refractivity contribution in [2.24, 2.45) is 5.92 Å². The van der Waals surface area contributed by atoms with Crippen molar-refractivity contribution in [2.45, 2.75) is 38.1 Å². The van der Waals surface area contributed by atoms with Crippen LogP contribution in [-0.4, -0.2) is 37.9 Å². The van der Waals surface area contributed by atoms with E-state index in [1.807, 2.05) is 6.92 Å². The van der Waals surface area contributed by atoms with E-state index < -0.39 is 10.0 Å². The molecule has 6 nitrogen and oxygen atoms in total. The minimum absolute atomic E-state index is 0.133. The predicted octanol–water partition coefficient (Wildman–Crippen LogP) is 0.730. The first kappa shape index (κ1) is 13.5. The molecule has 18 heavy (non-hydrogen) atoms. The van der Waals surface area contributed by atoms with Gasteiger partial charge >= 0.3 is 0 Å². The molecule has 0 amide bonds. The molecule has 2 N–H and O–H groups in total. The van der Waals surface area contributed by atoms with Crippen molar-refractivity contribution < 1.29 is 13.2 Å². The molecule has 2 unspecified atom stereocenters. The molecule has 2 atom stereocenters. The molecule has 1 aromatic heterocycles. The SMILES string of the molecule is Cc1n[nH]c(C)c1S(=O)(=O)NC(C)C1CCOC1. The molecule has 0 aromatic carbocycles. The van der Waals surface area contributed by atoms with E-state index in [9.17, 15) is 8.42 Å². The highest BCUT2D eigenvalue weighted by atomic mass is 32.2. The molecule has 1 fully saturated rings. The molecule has 2 heterocycles. The van der Waals surface area contributed by atoms with Crippen molar-refractivity contribution in [3.8, 4) is 0 Å². The lowest BCUT2D eigenvalue weighted by Gasteiger charge is -2.19. The largest absolute Gasteiger partial charge is 0.381 e. The summed E-state index contributed by atoms with van der Waals surface area (Å²) in [6.07, 6.45) is 0.896. The molecule has 0 spiro atoms. The standard InChI is InChI=1S/C11H19N3O3S/c1-7(10-4-5-17-6-10)14-18(15,16)11-8(2)12-13-9(11)3/h7,10,14H,4-6H2,1-3H3,(H,12,13). The van der Waals surface area contributed by atoms with Gasteiger partial charge in [0, 0.05) is 18.6 Å². The van der Waals surface area contributed by atoms with Crippen molar-refractivity contribution in [1.29, 1.82) is 0 Å². The topological polar surface area (TPSA) is 84.1 Å². The Morgan fingerprint density at radius 3 is 2.72 bits per heavy atom. The summed E-state index contributed by atoms with van der Waals surface area (Å²) in [4.78, 5) is 0.258. The van der Waals surface area contributed by atoms with E-state index in [0.29, 0.717) is 24.6 Å². The molecule has 1 aliphatic heterocycles. The van der Waals surface area contributed by atoms with Crippen LogP contribution in [0.5, 0.6) is 0 Å². The summed E-state index contributed by atoms with van der Waals surface area (Å²) >= 11 is 0. The summed E-state index contributed by atoms with van der Waals surface area (Å²) in [5.41, 5.74) is 1.06. The number of rotatable bonds is 4. The van der Waals surface area contributed by atoms with Gasteiger partial charge in [-0.3, -0.25) is 5.10 Å². The van der Waals surface area contributed by atoms with E-state index in [1.165, 1.54) is 0 Å². The van der Waals surface area contributed by atoms with Crippen molar-refractivity contribution in [3.05, 3.63) is 11.4 Å². The van der Waals surface area contributed by atoms with E-state index >= 15 is 0 Å². The van der Waals surface area contributed by atoms with E-state index in [0.717, 1.165) is 6.42 Å². The van der Waals surface area contributed by atoms with Crippen LogP contribution in [0.2, 0.25) is 0 Å². The molecular formula is C11H19N3O3S. The molecule has 7 heteroatoms. The van der Waals surface area contributed by atoms with Crippen LogP contribution < -0.4 is 4.72 Å². The summed E-state index contributed by atoms with van der Waals surface area (Å²) in [5, 5.41) is 6.61. The molecule has 0 radical (unpaired) electrons. The number of ether oxygens (including phenoxy) is 1. The number of nitrogens with zero attached hydrogens (tertiary/aromatic N) is 1. The highest BCUT2D eigenvalue weighted by molar-refractivity contribution is 7.89. The van der Waals surface area contributed by atoms with Gasteiger partial charge in [0.05, 0.1) is 18.0 Å². The van der Waals surface area contributed by atoms with Crippen LogP contribution in [0.3, 0.4) is 0 Å². The Bertz CT molecular complexity index is 498. The Kier molecular flexibility index (Phi) is 3.74. The number of aryl methyl sites for hydroxylation is 2. The minimum atomic E-state index is -3.51. The monoisotopic (exact) mass is 273 g/mol. The average Bonchev–Trinajstić information content (AvgIpc) is 2.87. The summed E-state index contributed by atoms with van der Waals surface area (Å²) in [6.45, 7) is 6.59. The van der Waals surface area contributed by atoms with Gasteiger partial charge in [0.1, 0.15) is 4.90 Å². The molecular weight excluding hydrogens is 254 g/mol. The summed E-state index contributed by atoms with van der Waals surface area (Å²) in [5.74, 6) is 0.243. The van der Waals surface area contributed by atoms with Gasteiger partial charge in [0.15, 0.2) is 0 Å². The lowest BCUT2D eigenvalue weighted by atomic mass is 10.0. The Morgan fingerprint density at radius 1 is 1.50 bits per heavy atom. The van der Waals surface area contributed by atoms with Crippen LogP contribution in [0, 0.1) is 19.8 Å².